The number of aliphatic hydroxyl groups is 2. The Kier molecular flexibility index (Phi) is 1.64. The van der Waals surface area contributed by atoms with Gasteiger partial charge in [-0.3, -0.25) is 0 Å². The Labute approximate surface area is 69.2 Å². The summed E-state index contributed by atoms with van der Waals surface area (Å²) < 4.78 is 4.69. The molecule has 0 amide bonds. The van der Waals surface area contributed by atoms with Crippen molar-refractivity contribution in [3.05, 3.63) is 0 Å². The van der Waals surface area contributed by atoms with E-state index in [2.05, 4.69) is 4.74 Å². The first kappa shape index (κ1) is 8.03. The Morgan fingerprint density at radius 2 is 2.00 bits per heavy atom. The lowest BCUT2D eigenvalue weighted by Crippen LogP contribution is -2.40. The predicted molar refractivity (Wildman–Crippen MR) is 37.8 cm³/mol. The number of aliphatic hydroxyl groups excluding tert-OH is 2. The normalized spacial score (nSPS) is 50.7. The van der Waals surface area contributed by atoms with Crippen LogP contribution in [0.25, 0.3) is 0 Å². The van der Waals surface area contributed by atoms with Crippen LogP contribution in [0.5, 0.6) is 0 Å². The number of fused-ring (bicyclic) bond motifs is 1. The molecule has 2 fully saturated rings. The predicted octanol–water partition coefficient (Wildman–Crippen LogP) is -1.56. The topological polar surface area (TPSA) is 87.0 Å². The van der Waals surface area contributed by atoms with Crippen molar-refractivity contribution in [2.24, 2.45) is 0 Å². The number of hydrogen-bond acceptors (Lipinski definition) is 4. The SMILES string of the molecule is O=C(O)C1O[C@@H](O)C(O)C2[B][C@H]12. The molecular weight excluding hydrogens is 163 g/mol. The smallest absolute Gasteiger partial charge is 0.332 e. The van der Waals surface area contributed by atoms with Gasteiger partial charge in [0.2, 0.25) is 0 Å². The number of hydrogen-bond donors (Lipinski definition) is 3. The second-order valence-electron chi connectivity index (χ2n) is 3.12. The third-order valence-electron chi connectivity index (χ3n) is 2.31. The molecule has 0 spiro atoms. The van der Waals surface area contributed by atoms with Gasteiger partial charge in [0.15, 0.2) is 12.4 Å². The van der Waals surface area contributed by atoms with E-state index in [1.54, 1.807) is 7.28 Å². The summed E-state index contributed by atoms with van der Waals surface area (Å²) in [5.74, 6) is -1.54. The highest BCUT2D eigenvalue weighted by molar-refractivity contribution is 6.55. The lowest BCUT2D eigenvalue weighted by Gasteiger charge is -2.28. The molecule has 0 aliphatic carbocycles. The van der Waals surface area contributed by atoms with Crippen LogP contribution in [0.3, 0.4) is 0 Å². The maximum Gasteiger partial charge on any atom is 0.332 e. The molecule has 2 rings (SSSR count). The molecule has 5 nitrogen and oxygen atoms in total. The van der Waals surface area contributed by atoms with E-state index in [0.29, 0.717) is 0 Å². The summed E-state index contributed by atoms with van der Waals surface area (Å²) in [7, 11) is 1.68. The zero-order valence-corrected chi connectivity index (χ0v) is 6.12. The van der Waals surface area contributed by atoms with Gasteiger partial charge in [-0.05, 0) is 11.6 Å². The molecule has 0 aromatic heterocycles. The zero-order chi connectivity index (χ0) is 8.88. The minimum Gasteiger partial charge on any atom is -0.479 e. The highest BCUT2D eigenvalue weighted by atomic mass is 16.6. The van der Waals surface area contributed by atoms with E-state index in [-0.39, 0.29) is 11.6 Å². The third-order valence-corrected chi connectivity index (χ3v) is 2.31. The fourth-order valence-corrected chi connectivity index (χ4v) is 1.57. The Bertz CT molecular complexity index is 218. The summed E-state index contributed by atoms with van der Waals surface area (Å²) in [6.07, 6.45) is -3.33. The first-order valence-electron chi connectivity index (χ1n) is 3.70. The molecule has 0 bridgehead atoms. The maximum atomic E-state index is 10.5. The first-order valence-corrected chi connectivity index (χ1v) is 3.70. The van der Waals surface area contributed by atoms with E-state index < -0.39 is 24.5 Å². The maximum absolute atomic E-state index is 10.5. The fraction of sp³-hybridized carbons (Fsp3) is 0.833. The summed E-state index contributed by atoms with van der Waals surface area (Å²) in [5, 5.41) is 26.8. The van der Waals surface area contributed by atoms with Crippen LogP contribution in [-0.2, 0) is 9.53 Å². The van der Waals surface area contributed by atoms with Crippen molar-refractivity contribution in [2.75, 3.05) is 0 Å². The largest absolute Gasteiger partial charge is 0.479 e. The standard InChI is InChI=1S/C6H8BO5/c8-3-1-2(7-1)4(5(9)10)12-6(3)11/h1-4,6,8,11H,(H,9,10)/t1?,2-,3?,4?,6+/m0/s1. The van der Waals surface area contributed by atoms with Crippen molar-refractivity contribution in [2.45, 2.75) is 30.1 Å². The van der Waals surface area contributed by atoms with Crippen LogP contribution in [0.2, 0.25) is 11.6 Å². The Balaban J connectivity index is 2.08. The summed E-state index contributed by atoms with van der Waals surface area (Å²) in [6.45, 7) is 0. The zero-order valence-electron chi connectivity index (χ0n) is 6.12. The van der Waals surface area contributed by atoms with E-state index >= 15 is 0 Å². The van der Waals surface area contributed by atoms with Crippen LogP contribution in [0.15, 0.2) is 0 Å². The number of ether oxygens (including phenoxy) is 1. The van der Waals surface area contributed by atoms with Crippen LogP contribution >= 0.6 is 0 Å². The minimum absolute atomic E-state index is 0.213. The summed E-state index contributed by atoms with van der Waals surface area (Å²) in [5.41, 5.74) is 0. The summed E-state index contributed by atoms with van der Waals surface area (Å²) >= 11 is 0. The van der Waals surface area contributed by atoms with Gasteiger partial charge in [-0.15, -0.1) is 0 Å². The van der Waals surface area contributed by atoms with Crippen molar-refractivity contribution >= 4 is 13.2 Å². The van der Waals surface area contributed by atoms with Crippen molar-refractivity contribution in [3.8, 4) is 0 Å². The average molecular weight is 171 g/mol. The molecule has 3 N–H and O–H groups in total. The Hall–Kier alpha value is -0.585. The van der Waals surface area contributed by atoms with Gasteiger partial charge >= 0.3 is 5.97 Å². The van der Waals surface area contributed by atoms with Crippen LogP contribution in [0.4, 0.5) is 0 Å². The van der Waals surface area contributed by atoms with Gasteiger partial charge in [-0.2, -0.15) is 0 Å². The molecule has 12 heavy (non-hydrogen) atoms. The molecule has 5 atom stereocenters. The molecule has 2 aliphatic heterocycles. The van der Waals surface area contributed by atoms with Gasteiger partial charge in [0.1, 0.15) is 13.4 Å². The molecule has 2 heterocycles. The second kappa shape index (κ2) is 2.45. The molecule has 0 saturated carbocycles. The Morgan fingerprint density at radius 3 is 2.58 bits per heavy atom. The molecule has 2 saturated heterocycles. The van der Waals surface area contributed by atoms with Crippen LogP contribution in [-0.4, -0.2) is 47.1 Å². The number of carboxylic acid groups (broad SMARTS) is 1. The van der Waals surface area contributed by atoms with Gasteiger partial charge in [0.05, 0.1) is 0 Å². The van der Waals surface area contributed by atoms with Gasteiger partial charge in [0.25, 0.3) is 0 Å². The van der Waals surface area contributed by atoms with Gasteiger partial charge in [0, 0.05) is 0 Å². The van der Waals surface area contributed by atoms with Crippen LogP contribution in [0, 0.1) is 0 Å². The molecule has 1 radical (unpaired) electrons. The summed E-state index contributed by atoms with van der Waals surface area (Å²) in [4.78, 5) is 10.5. The quantitative estimate of drug-likeness (QED) is 0.415. The third kappa shape index (κ3) is 1.03. The highest BCUT2D eigenvalue weighted by Gasteiger charge is 2.57. The molecule has 65 valence electrons. The lowest BCUT2D eigenvalue weighted by molar-refractivity contribution is -0.213. The number of carboxylic acids is 1. The van der Waals surface area contributed by atoms with Crippen molar-refractivity contribution in [1.29, 1.82) is 0 Å². The number of carbonyl (C=O) groups is 1. The molecule has 0 aromatic rings. The Morgan fingerprint density at radius 1 is 1.33 bits per heavy atom. The average Bonchev–Trinajstić information content (AvgIpc) is 2.75. The minimum atomic E-state index is -1.37. The van der Waals surface area contributed by atoms with E-state index in [4.69, 9.17) is 10.2 Å². The van der Waals surface area contributed by atoms with E-state index in [1.165, 1.54) is 0 Å². The number of rotatable bonds is 1. The summed E-state index contributed by atoms with van der Waals surface area (Å²) in [6, 6.07) is 0. The fourth-order valence-electron chi connectivity index (χ4n) is 1.57. The molecule has 2 aliphatic rings. The molecule has 6 heteroatoms. The molecular formula is C6H8BO5. The van der Waals surface area contributed by atoms with E-state index in [0.717, 1.165) is 0 Å². The highest BCUT2D eigenvalue weighted by Crippen LogP contribution is 2.52. The van der Waals surface area contributed by atoms with E-state index in [1.807, 2.05) is 0 Å². The van der Waals surface area contributed by atoms with Crippen molar-refractivity contribution < 1.29 is 24.9 Å². The molecule has 0 aromatic carbocycles. The molecule has 3 unspecified atom stereocenters. The lowest BCUT2D eigenvalue weighted by atomic mass is 9.96. The number of aliphatic carboxylic acids is 1. The van der Waals surface area contributed by atoms with Gasteiger partial charge in [-0.25, -0.2) is 4.79 Å². The van der Waals surface area contributed by atoms with Gasteiger partial charge in [-0.1, -0.05) is 0 Å². The van der Waals surface area contributed by atoms with Crippen molar-refractivity contribution in [3.63, 3.8) is 0 Å². The monoisotopic (exact) mass is 171 g/mol. The van der Waals surface area contributed by atoms with Gasteiger partial charge < -0.3 is 20.1 Å². The van der Waals surface area contributed by atoms with Crippen molar-refractivity contribution in [1.82, 2.24) is 0 Å². The second-order valence-corrected chi connectivity index (χ2v) is 3.12. The van der Waals surface area contributed by atoms with Crippen LogP contribution < -0.4 is 0 Å². The van der Waals surface area contributed by atoms with E-state index in [9.17, 15) is 9.90 Å². The van der Waals surface area contributed by atoms with Crippen LogP contribution in [0.1, 0.15) is 0 Å². The first-order chi connectivity index (χ1) is 5.61.